The Balaban J connectivity index is 2.10. The van der Waals surface area contributed by atoms with E-state index in [0.29, 0.717) is 12.1 Å². The molecule has 15 heavy (non-hydrogen) atoms. The molecule has 1 rings (SSSR count). The van der Waals surface area contributed by atoms with Crippen LogP contribution in [-0.4, -0.2) is 25.8 Å². The van der Waals surface area contributed by atoms with Gasteiger partial charge in [0.15, 0.2) is 0 Å². The molecule has 86 valence electrons. The van der Waals surface area contributed by atoms with Gasteiger partial charge in [-0.15, -0.1) is 12.3 Å². The standard InChI is InChI=1S/C13H23NO/c1-3-4-5-8-11-14-12-9-6-7-10-13(12)15-2/h1,12-14H,4-11H2,2H3. The Morgan fingerprint density at radius 2 is 2.13 bits per heavy atom. The number of ether oxygens (including phenoxy) is 1. The molecule has 0 saturated heterocycles. The van der Waals surface area contributed by atoms with Crippen molar-refractivity contribution in [1.82, 2.24) is 5.32 Å². The van der Waals surface area contributed by atoms with E-state index >= 15 is 0 Å². The molecular formula is C13H23NO. The molecule has 0 aliphatic heterocycles. The summed E-state index contributed by atoms with van der Waals surface area (Å²) in [6, 6.07) is 0.564. The van der Waals surface area contributed by atoms with Gasteiger partial charge in [0.2, 0.25) is 0 Å². The van der Waals surface area contributed by atoms with Crippen molar-refractivity contribution in [2.75, 3.05) is 13.7 Å². The van der Waals surface area contributed by atoms with Crippen LogP contribution in [0.15, 0.2) is 0 Å². The maximum Gasteiger partial charge on any atom is 0.0724 e. The minimum absolute atomic E-state index is 0.423. The van der Waals surface area contributed by atoms with Crippen LogP contribution in [0.2, 0.25) is 0 Å². The summed E-state index contributed by atoms with van der Waals surface area (Å²) >= 11 is 0. The summed E-state index contributed by atoms with van der Waals surface area (Å²) in [6.45, 7) is 1.08. The van der Waals surface area contributed by atoms with E-state index in [-0.39, 0.29) is 0 Å². The van der Waals surface area contributed by atoms with E-state index in [1.807, 2.05) is 7.11 Å². The molecule has 2 unspecified atom stereocenters. The zero-order valence-corrected chi connectivity index (χ0v) is 9.80. The molecule has 0 aromatic carbocycles. The van der Waals surface area contributed by atoms with Crippen molar-refractivity contribution in [3.05, 3.63) is 0 Å². The summed E-state index contributed by atoms with van der Waals surface area (Å²) in [5.41, 5.74) is 0. The molecule has 1 aliphatic rings. The second-order valence-corrected chi connectivity index (χ2v) is 4.28. The van der Waals surface area contributed by atoms with Crippen LogP contribution in [-0.2, 0) is 4.74 Å². The molecule has 1 aliphatic carbocycles. The van der Waals surface area contributed by atoms with Crippen molar-refractivity contribution in [2.24, 2.45) is 0 Å². The van der Waals surface area contributed by atoms with Crippen LogP contribution < -0.4 is 5.32 Å². The van der Waals surface area contributed by atoms with Crippen LogP contribution in [0.1, 0.15) is 44.9 Å². The van der Waals surface area contributed by atoms with Gasteiger partial charge in [0, 0.05) is 19.6 Å². The van der Waals surface area contributed by atoms with E-state index in [4.69, 9.17) is 11.2 Å². The van der Waals surface area contributed by atoms with E-state index in [2.05, 4.69) is 11.2 Å². The molecule has 0 radical (unpaired) electrons. The van der Waals surface area contributed by atoms with Gasteiger partial charge >= 0.3 is 0 Å². The Labute approximate surface area is 93.8 Å². The third-order valence-electron chi connectivity index (χ3n) is 3.16. The summed E-state index contributed by atoms with van der Waals surface area (Å²) in [4.78, 5) is 0. The normalized spacial score (nSPS) is 26.1. The predicted molar refractivity (Wildman–Crippen MR) is 63.7 cm³/mol. The summed E-state index contributed by atoms with van der Waals surface area (Å²) in [5, 5.41) is 3.59. The Kier molecular flexibility index (Phi) is 6.47. The Bertz CT molecular complexity index is 197. The largest absolute Gasteiger partial charge is 0.380 e. The van der Waals surface area contributed by atoms with Crippen molar-refractivity contribution >= 4 is 0 Å². The number of terminal acetylenes is 1. The zero-order chi connectivity index (χ0) is 10.9. The molecular weight excluding hydrogens is 186 g/mol. The first-order chi connectivity index (χ1) is 7.38. The van der Waals surface area contributed by atoms with Gasteiger partial charge < -0.3 is 10.1 Å². The molecule has 1 fully saturated rings. The Morgan fingerprint density at radius 3 is 2.87 bits per heavy atom. The summed E-state index contributed by atoms with van der Waals surface area (Å²) in [6.07, 6.45) is 14.0. The zero-order valence-electron chi connectivity index (χ0n) is 9.80. The SMILES string of the molecule is C#CCCCCNC1CCCCC1OC. The van der Waals surface area contributed by atoms with Crippen LogP contribution in [0.5, 0.6) is 0 Å². The molecule has 0 spiro atoms. The fourth-order valence-corrected chi connectivity index (χ4v) is 2.25. The molecule has 0 amide bonds. The molecule has 0 aromatic heterocycles. The third-order valence-corrected chi connectivity index (χ3v) is 3.16. The van der Waals surface area contributed by atoms with Crippen LogP contribution in [0, 0.1) is 12.3 Å². The average Bonchev–Trinajstić information content (AvgIpc) is 2.29. The highest BCUT2D eigenvalue weighted by molar-refractivity contribution is 4.84. The van der Waals surface area contributed by atoms with E-state index in [0.717, 1.165) is 19.4 Å². The monoisotopic (exact) mass is 209 g/mol. The van der Waals surface area contributed by atoms with Crippen LogP contribution in [0.4, 0.5) is 0 Å². The number of hydrogen-bond acceptors (Lipinski definition) is 2. The van der Waals surface area contributed by atoms with E-state index in [9.17, 15) is 0 Å². The van der Waals surface area contributed by atoms with Gasteiger partial charge in [0.1, 0.15) is 0 Å². The number of unbranched alkanes of at least 4 members (excludes halogenated alkanes) is 2. The first-order valence-electron chi connectivity index (χ1n) is 6.08. The molecule has 2 nitrogen and oxygen atoms in total. The van der Waals surface area contributed by atoms with Crippen LogP contribution in [0.3, 0.4) is 0 Å². The minimum atomic E-state index is 0.423. The van der Waals surface area contributed by atoms with Gasteiger partial charge in [-0.3, -0.25) is 0 Å². The van der Waals surface area contributed by atoms with Gasteiger partial charge in [-0.25, -0.2) is 0 Å². The van der Waals surface area contributed by atoms with Crippen molar-refractivity contribution < 1.29 is 4.74 Å². The average molecular weight is 209 g/mol. The number of methoxy groups -OCH3 is 1. The third kappa shape index (κ3) is 4.68. The van der Waals surface area contributed by atoms with Crippen LogP contribution in [0.25, 0.3) is 0 Å². The molecule has 0 heterocycles. The minimum Gasteiger partial charge on any atom is -0.380 e. The number of nitrogens with one attached hydrogen (secondary N) is 1. The fourth-order valence-electron chi connectivity index (χ4n) is 2.25. The van der Waals surface area contributed by atoms with Crippen LogP contribution >= 0.6 is 0 Å². The predicted octanol–water partition coefficient (Wildman–Crippen LogP) is 2.34. The fraction of sp³-hybridized carbons (Fsp3) is 0.846. The summed E-state index contributed by atoms with van der Waals surface area (Å²) < 4.78 is 5.49. The van der Waals surface area contributed by atoms with Crippen molar-refractivity contribution in [3.63, 3.8) is 0 Å². The van der Waals surface area contributed by atoms with Crippen molar-refractivity contribution in [3.8, 4) is 12.3 Å². The first-order valence-corrected chi connectivity index (χ1v) is 6.08. The lowest BCUT2D eigenvalue weighted by Gasteiger charge is -2.31. The molecule has 2 heteroatoms. The smallest absolute Gasteiger partial charge is 0.0724 e. The lowest BCUT2D eigenvalue weighted by Crippen LogP contribution is -2.43. The molecule has 2 atom stereocenters. The van der Waals surface area contributed by atoms with Crippen molar-refractivity contribution in [1.29, 1.82) is 0 Å². The Morgan fingerprint density at radius 1 is 1.33 bits per heavy atom. The highest BCUT2D eigenvalue weighted by atomic mass is 16.5. The van der Waals surface area contributed by atoms with Gasteiger partial charge in [-0.05, 0) is 32.2 Å². The van der Waals surface area contributed by atoms with E-state index < -0.39 is 0 Å². The summed E-state index contributed by atoms with van der Waals surface area (Å²) in [7, 11) is 1.82. The first kappa shape index (κ1) is 12.5. The highest BCUT2D eigenvalue weighted by Gasteiger charge is 2.23. The van der Waals surface area contributed by atoms with E-state index in [1.54, 1.807) is 0 Å². The second-order valence-electron chi connectivity index (χ2n) is 4.28. The van der Waals surface area contributed by atoms with Gasteiger partial charge in [0.05, 0.1) is 6.10 Å². The number of hydrogen-bond donors (Lipinski definition) is 1. The van der Waals surface area contributed by atoms with Gasteiger partial charge in [-0.1, -0.05) is 12.8 Å². The lowest BCUT2D eigenvalue weighted by atomic mass is 9.92. The maximum absolute atomic E-state index is 5.49. The lowest BCUT2D eigenvalue weighted by molar-refractivity contribution is 0.0419. The topological polar surface area (TPSA) is 21.3 Å². The molecule has 0 aromatic rings. The van der Waals surface area contributed by atoms with E-state index in [1.165, 1.54) is 32.1 Å². The molecule has 0 bridgehead atoms. The maximum atomic E-state index is 5.49. The highest BCUT2D eigenvalue weighted by Crippen LogP contribution is 2.20. The van der Waals surface area contributed by atoms with Crippen molar-refractivity contribution in [2.45, 2.75) is 57.1 Å². The number of rotatable bonds is 6. The quantitative estimate of drug-likeness (QED) is 0.535. The molecule has 1 N–H and O–H groups in total. The second kappa shape index (κ2) is 7.73. The summed E-state index contributed by atoms with van der Waals surface area (Å²) in [5.74, 6) is 2.67. The Hall–Kier alpha value is -0.520. The van der Waals surface area contributed by atoms with Gasteiger partial charge in [-0.2, -0.15) is 0 Å². The van der Waals surface area contributed by atoms with Gasteiger partial charge in [0.25, 0.3) is 0 Å². The molecule has 1 saturated carbocycles.